The fourth-order valence-corrected chi connectivity index (χ4v) is 2.08. The van der Waals surface area contributed by atoms with E-state index >= 15 is 0 Å². The lowest BCUT2D eigenvalue weighted by atomic mass is 10.2. The summed E-state index contributed by atoms with van der Waals surface area (Å²) in [5, 5.41) is 5.26. The van der Waals surface area contributed by atoms with Gasteiger partial charge in [-0.3, -0.25) is 14.5 Å². The van der Waals surface area contributed by atoms with Crippen LogP contribution in [0.25, 0.3) is 0 Å². The van der Waals surface area contributed by atoms with Crippen molar-refractivity contribution in [2.24, 2.45) is 0 Å². The molecule has 2 rings (SSSR count). The van der Waals surface area contributed by atoms with Crippen molar-refractivity contribution in [2.45, 2.75) is 38.0 Å². The molecule has 1 saturated carbocycles. The Kier molecular flexibility index (Phi) is 5.48. The first-order chi connectivity index (χ1) is 11.2. The van der Waals surface area contributed by atoms with Crippen molar-refractivity contribution in [1.82, 2.24) is 10.2 Å². The zero-order valence-corrected chi connectivity index (χ0v) is 13.5. The topological polar surface area (TPSA) is 61.4 Å². The van der Waals surface area contributed by atoms with Gasteiger partial charge in [0.25, 0.3) is 0 Å². The number of hydrogen-bond donors (Lipinski definition) is 2. The summed E-state index contributed by atoms with van der Waals surface area (Å²) in [6, 6.07) is 4.01. The van der Waals surface area contributed by atoms with Gasteiger partial charge in [-0.15, -0.1) is 0 Å². The molecule has 1 aliphatic carbocycles. The van der Waals surface area contributed by atoms with Crippen molar-refractivity contribution in [3.63, 3.8) is 0 Å². The van der Waals surface area contributed by atoms with Gasteiger partial charge in [0, 0.05) is 11.7 Å². The molecule has 0 saturated heterocycles. The first kappa shape index (κ1) is 18.3. The fourth-order valence-electron chi connectivity index (χ4n) is 2.08. The van der Waals surface area contributed by atoms with E-state index in [0.29, 0.717) is 0 Å². The van der Waals surface area contributed by atoms with Gasteiger partial charge in [0.2, 0.25) is 11.8 Å². The van der Waals surface area contributed by atoms with Gasteiger partial charge in [-0.25, -0.2) is 0 Å². The van der Waals surface area contributed by atoms with Gasteiger partial charge >= 0.3 is 6.18 Å². The van der Waals surface area contributed by atoms with Crippen LogP contribution in [-0.4, -0.2) is 42.4 Å². The maximum atomic E-state index is 12.7. The molecule has 1 aromatic rings. The van der Waals surface area contributed by atoms with Gasteiger partial charge in [-0.2, -0.15) is 13.2 Å². The Bertz CT molecular complexity index is 615. The van der Waals surface area contributed by atoms with E-state index in [-0.39, 0.29) is 24.2 Å². The lowest BCUT2D eigenvalue weighted by molar-refractivity contribution is -0.137. The zero-order valence-electron chi connectivity index (χ0n) is 13.5. The first-order valence-electron chi connectivity index (χ1n) is 7.64. The van der Waals surface area contributed by atoms with Crippen LogP contribution in [0.3, 0.4) is 0 Å². The highest BCUT2D eigenvalue weighted by Crippen LogP contribution is 2.30. The largest absolute Gasteiger partial charge is 0.416 e. The summed E-state index contributed by atoms with van der Waals surface area (Å²) in [5.41, 5.74) is -0.761. The molecule has 0 heterocycles. The van der Waals surface area contributed by atoms with Crippen molar-refractivity contribution in [1.29, 1.82) is 0 Å². The monoisotopic (exact) mass is 343 g/mol. The lowest BCUT2D eigenvalue weighted by Crippen LogP contribution is -2.45. The smallest absolute Gasteiger partial charge is 0.352 e. The average Bonchev–Trinajstić information content (AvgIpc) is 3.29. The Hall–Kier alpha value is -2.09. The van der Waals surface area contributed by atoms with Crippen LogP contribution in [0.4, 0.5) is 18.9 Å². The first-order valence-corrected chi connectivity index (χ1v) is 7.64. The molecular formula is C16H20F3N3O2. The van der Waals surface area contributed by atoms with E-state index in [9.17, 15) is 22.8 Å². The van der Waals surface area contributed by atoms with Gasteiger partial charge < -0.3 is 10.6 Å². The number of rotatable bonds is 6. The van der Waals surface area contributed by atoms with Crippen molar-refractivity contribution < 1.29 is 22.8 Å². The van der Waals surface area contributed by atoms with E-state index in [1.165, 1.54) is 12.1 Å². The Morgan fingerprint density at radius 3 is 2.58 bits per heavy atom. The lowest BCUT2D eigenvalue weighted by Gasteiger charge is -2.23. The molecule has 0 bridgehead atoms. The Morgan fingerprint density at radius 1 is 1.33 bits per heavy atom. The number of nitrogens with one attached hydrogen (secondary N) is 2. The van der Waals surface area contributed by atoms with Gasteiger partial charge in [-0.1, -0.05) is 6.07 Å². The van der Waals surface area contributed by atoms with Crippen molar-refractivity contribution >= 4 is 17.5 Å². The maximum Gasteiger partial charge on any atom is 0.416 e. The number of benzene rings is 1. The summed E-state index contributed by atoms with van der Waals surface area (Å²) in [4.78, 5) is 25.4. The number of halogens is 3. The van der Waals surface area contributed by atoms with Crippen molar-refractivity contribution in [3.05, 3.63) is 29.8 Å². The van der Waals surface area contributed by atoms with Gasteiger partial charge in [0.15, 0.2) is 0 Å². The van der Waals surface area contributed by atoms with Gasteiger partial charge in [0.1, 0.15) is 0 Å². The maximum absolute atomic E-state index is 12.7. The number of carbonyl (C=O) groups is 2. The molecule has 0 radical (unpaired) electrons. The number of hydrogen-bond acceptors (Lipinski definition) is 3. The number of alkyl halides is 3. The summed E-state index contributed by atoms with van der Waals surface area (Å²) < 4.78 is 38.0. The van der Waals surface area contributed by atoms with Crippen LogP contribution in [0.5, 0.6) is 0 Å². The third-order valence-corrected chi connectivity index (χ3v) is 3.83. The average molecular weight is 343 g/mol. The van der Waals surface area contributed by atoms with Crippen LogP contribution in [-0.2, 0) is 15.8 Å². The molecule has 2 amide bonds. The molecule has 5 nitrogen and oxygen atoms in total. The van der Waals surface area contributed by atoms with Gasteiger partial charge in [0.05, 0.1) is 18.2 Å². The van der Waals surface area contributed by atoms with Gasteiger partial charge in [-0.05, 0) is 45.0 Å². The summed E-state index contributed by atoms with van der Waals surface area (Å²) in [6.07, 6.45) is -2.52. The van der Waals surface area contributed by atoms with Crippen molar-refractivity contribution in [2.75, 3.05) is 18.9 Å². The minimum Gasteiger partial charge on any atom is -0.352 e. The van der Waals surface area contributed by atoms with Crippen LogP contribution >= 0.6 is 0 Å². The number of carbonyl (C=O) groups excluding carboxylic acids is 2. The molecule has 132 valence electrons. The van der Waals surface area contributed by atoms with E-state index in [0.717, 1.165) is 25.0 Å². The molecule has 0 aromatic heterocycles. The molecule has 2 N–H and O–H groups in total. The molecule has 8 heteroatoms. The molecule has 1 aliphatic rings. The molecule has 24 heavy (non-hydrogen) atoms. The summed E-state index contributed by atoms with van der Waals surface area (Å²) in [7, 11) is 1.61. The predicted octanol–water partition coefficient (Wildman–Crippen LogP) is 2.24. The second-order valence-electron chi connectivity index (χ2n) is 6.00. The second-order valence-corrected chi connectivity index (χ2v) is 6.00. The third kappa shape index (κ3) is 5.23. The summed E-state index contributed by atoms with van der Waals surface area (Å²) in [5.74, 6) is -0.644. The van der Waals surface area contributed by atoms with Crippen molar-refractivity contribution in [3.8, 4) is 0 Å². The van der Waals surface area contributed by atoms with E-state index < -0.39 is 23.7 Å². The molecule has 0 spiro atoms. The standard InChI is InChI=1S/C16H20F3N3O2/c1-10(22(2)9-14(23)20-12-6-7-12)15(24)21-13-5-3-4-11(8-13)16(17,18)19/h3-5,8,10,12H,6-7,9H2,1-2H3,(H,20,23)(H,21,24)/t10-/m1/s1. The van der Waals surface area contributed by atoms with Crippen LogP contribution in [0.1, 0.15) is 25.3 Å². The normalized spacial score (nSPS) is 15.9. The minimum absolute atomic E-state index is 0.0493. The van der Waals surface area contributed by atoms with E-state index in [1.807, 2.05) is 0 Å². The highest BCUT2D eigenvalue weighted by molar-refractivity contribution is 5.95. The van der Waals surface area contributed by atoms with Crippen LogP contribution in [0.15, 0.2) is 24.3 Å². The van der Waals surface area contributed by atoms with E-state index in [4.69, 9.17) is 0 Å². The molecule has 1 atom stereocenters. The Morgan fingerprint density at radius 2 is 2.00 bits per heavy atom. The Labute approximate surface area is 138 Å². The number of nitrogens with zero attached hydrogens (tertiary/aromatic N) is 1. The SMILES string of the molecule is C[C@H](C(=O)Nc1cccc(C(F)(F)F)c1)N(C)CC(=O)NC1CC1. The van der Waals surface area contributed by atoms with Crippen LogP contribution in [0.2, 0.25) is 0 Å². The molecule has 0 unspecified atom stereocenters. The predicted molar refractivity (Wildman–Crippen MR) is 83.3 cm³/mol. The molecular weight excluding hydrogens is 323 g/mol. The summed E-state index contributed by atoms with van der Waals surface area (Å²) >= 11 is 0. The molecule has 0 aliphatic heterocycles. The van der Waals surface area contributed by atoms with E-state index in [2.05, 4.69) is 10.6 Å². The number of amides is 2. The second kappa shape index (κ2) is 7.21. The Balaban J connectivity index is 1.91. The fraction of sp³-hybridized carbons (Fsp3) is 0.500. The molecule has 1 fully saturated rings. The van der Waals surface area contributed by atoms with E-state index in [1.54, 1.807) is 18.9 Å². The molecule has 1 aromatic carbocycles. The minimum atomic E-state index is -4.47. The number of likely N-dealkylation sites (N-methyl/N-ethyl adjacent to an activating group) is 1. The zero-order chi connectivity index (χ0) is 17.9. The highest BCUT2D eigenvalue weighted by atomic mass is 19.4. The van der Waals surface area contributed by atoms with Crippen LogP contribution in [0, 0.1) is 0 Å². The van der Waals surface area contributed by atoms with Crippen LogP contribution < -0.4 is 10.6 Å². The highest BCUT2D eigenvalue weighted by Gasteiger charge is 2.31. The number of anilines is 1. The summed E-state index contributed by atoms with van der Waals surface area (Å²) in [6.45, 7) is 1.64. The third-order valence-electron chi connectivity index (χ3n) is 3.83. The quantitative estimate of drug-likeness (QED) is 0.833.